The lowest BCUT2D eigenvalue weighted by molar-refractivity contribution is 0.102. The van der Waals surface area contributed by atoms with Crippen molar-refractivity contribution in [2.45, 2.75) is 52.4 Å². The van der Waals surface area contributed by atoms with Crippen molar-refractivity contribution in [2.24, 2.45) is 14.1 Å². The lowest BCUT2D eigenvalue weighted by Gasteiger charge is -2.12. The summed E-state index contributed by atoms with van der Waals surface area (Å²) in [6, 6.07) is 31.8. The Morgan fingerprint density at radius 3 is 1.12 bits per heavy atom. The van der Waals surface area contributed by atoms with E-state index in [-0.39, 0.29) is 22.6 Å². The molecule has 0 saturated carbocycles. The summed E-state index contributed by atoms with van der Waals surface area (Å²) in [4.78, 5) is 50.0. The fourth-order valence-corrected chi connectivity index (χ4v) is 6.65. The van der Waals surface area contributed by atoms with Gasteiger partial charge in [-0.1, -0.05) is 88.3 Å². The van der Waals surface area contributed by atoms with Gasteiger partial charge in [0.15, 0.2) is 11.6 Å². The molecule has 64 heavy (non-hydrogen) atoms. The number of hydrogen-bond donors (Lipinski definition) is 6. The normalized spacial score (nSPS) is 11.4. The summed E-state index contributed by atoms with van der Waals surface area (Å²) in [6.07, 6.45) is 3.63. The van der Waals surface area contributed by atoms with Crippen LogP contribution in [0, 0.1) is 0 Å². The molecule has 0 radical (unpaired) electrons. The fraction of sp³-hybridized carbons (Fsp3) is 0.208. The van der Waals surface area contributed by atoms with Gasteiger partial charge in [-0.2, -0.15) is 0 Å². The van der Waals surface area contributed by atoms with Crippen LogP contribution >= 0.6 is 0 Å². The third-order valence-electron chi connectivity index (χ3n) is 10.1. The number of anilines is 6. The first-order chi connectivity index (χ1) is 30.4. The summed E-state index contributed by atoms with van der Waals surface area (Å²) in [7, 11) is 3.82. The molecule has 0 bridgehead atoms. The average Bonchev–Trinajstić information content (AvgIpc) is 4.06. The molecule has 0 aliphatic carbocycles. The number of amides is 6. The highest BCUT2D eigenvalue weighted by Gasteiger charge is 2.22. The number of nitrogens with zero attached hydrogens (tertiary/aromatic N) is 4. The van der Waals surface area contributed by atoms with E-state index in [0.717, 1.165) is 21.8 Å². The number of carbonyl (C=O) groups excluding carboxylic acids is 4. The van der Waals surface area contributed by atoms with Gasteiger partial charge in [0.25, 0.3) is 11.8 Å². The van der Waals surface area contributed by atoms with E-state index >= 15 is 0 Å². The molecule has 0 saturated heterocycles. The Labute approximate surface area is 369 Å². The second-order valence-corrected chi connectivity index (χ2v) is 17.2. The standard InChI is InChI=1S/2C24H25N5O3/c2*1-24(2,3)20-13-21(28-32-20)27-23(31)26-16-11-9-15(10-12-16)25-22(30)18-14-29(4)19-8-6-5-7-17(18)19/h2*5-14H,1-4H3,(H,25,30)(H2,26,27,28,31). The zero-order chi connectivity index (χ0) is 45.8. The van der Waals surface area contributed by atoms with Crippen LogP contribution in [-0.2, 0) is 24.9 Å². The second kappa shape index (κ2) is 18.1. The average molecular weight is 863 g/mol. The number of benzene rings is 4. The summed E-state index contributed by atoms with van der Waals surface area (Å²) in [5, 5.41) is 26.1. The minimum atomic E-state index is -0.439. The Kier molecular flexibility index (Phi) is 12.4. The maximum absolute atomic E-state index is 12.8. The molecule has 0 spiro atoms. The van der Waals surface area contributed by atoms with Crippen LogP contribution in [0.3, 0.4) is 0 Å². The minimum absolute atomic E-state index is 0.194. The second-order valence-electron chi connectivity index (χ2n) is 17.2. The first-order valence-electron chi connectivity index (χ1n) is 20.4. The van der Waals surface area contributed by atoms with Crippen LogP contribution in [-0.4, -0.2) is 43.3 Å². The Morgan fingerprint density at radius 2 is 0.797 bits per heavy atom. The van der Waals surface area contributed by atoms with Crippen molar-refractivity contribution in [3.63, 3.8) is 0 Å². The Balaban J connectivity index is 0.000000191. The van der Waals surface area contributed by atoms with Crippen LogP contribution in [0.1, 0.15) is 73.8 Å². The van der Waals surface area contributed by atoms with Gasteiger partial charge in [0.1, 0.15) is 11.5 Å². The molecule has 6 amide bonds. The largest absolute Gasteiger partial charge is 0.359 e. The van der Waals surface area contributed by atoms with Crippen molar-refractivity contribution >= 4 is 80.1 Å². The predicted octanol–water partition coefficient (Wildman–Crippen LogP) is 10.7. The molecule has 16 nitrogen and oxygen atoms in total. The van der Waals surface area contributed by atoms with Gasteiger partial charge in [0.2, 0.25) is 0 Å². The van der Waals surface area contributed by atoms with Gasteiger partial charge in [-0.3, -0.25) is 20.2 Å². The highest BCUT2D eigenvalue weighted by Crippen LogP contribution is 2.27. The molecule has 8 aromatic rings. The first kappa shape index (κ1) is 43.9. The van der Waals surface area contributed by atoms with Crippen molar-refractivity contribution in [3.05, 3.63) is 144 Å². The molecule has 0 unspecified atom stereocenters. The number of aryl methyl sites for hydroxylation is 2. The Hall–Kier alpha value is -8.14. The van der Waals surface area contributed by atoms with Crippen LogP contribution in [0.25, 0.3) is 21.8 Å². The minimum Gasteiger partial charge on any atom is -0.359 e. The van der Waals surface area contributed by atoms with Crippen LogP contribution in [0.2, 0.25) is 0 Å². The number of nitrogens with one attached hydrogen (secondary N) is 6. The molecule has 328 valence electrons. The summed E-state index contributed by atoms with van der Waals surface area (Å²) in [5.41, 5.74) is 5.19. The zero-order valence-electron chi connectivity index (χ0n) is 36.8. The summed E-state index contributed by atoms with van der Waals surface area (Å²) in [5.74, 6) is 1.65. The molecule has 0 aliphatic heterocycles. The van der Waals surface area contributed by atoms with Crippen LogP contribution in [0.15, 0.2) is 131 Å². The summed E-state index contributed by atoms with van der Waals surface area (Å²) >= 11 is 0. The molecule has 4 aromatic heterocycles. The highest BCUT2D eigenvalue weighted by atomic mass is 16.5. The number of urea groups is 2. The smallest absolute Gasteiger partial charge is 0.324 e. The summed E-state index contributed by atoms with van der Waals surface area (Å²) < 4.78 is 14.4. The number of hydrogen-bond acceptors (Lipinski definition) is 8. The van der Waals surface area contributed by atoms with Crippen LogP contribution < -0.4 is 31.9 Å². The van der Waals surface area contributed by atoms with Crippen LogP contribution in [0.4, 0.5) is 44.0 Å². The molecule has 0 aliphatic rings. The van der Waals surface area contributed by atoms with Gasteiger partial charge in [0.05, 0.1) is 11.1 Å². The van der Waals surface area contributed by atoms with E-state index in [9.17, 15) is 19.2 Å². The maximum Gasteiger partial charge on any atom is 0.324 e. The van der Waals surface area contributed by atoms with Crippen molar-refractivity contribution in [2.75, 3.05) is 31.9 Å². The number of para-hydroxylation sites is 2. The van der Waals surface area contributed by atoms with E-state index in [2.05, 4.69) is 42.2 Å². The lowest BCUT2D eigenvalue weighted by Crippen LogP contribution is -2.19. The number of fused-ring (bicyclic) bond motifs is 2. The molecular formula is C48H50N10O6. The topological polar surface area (TPSA) is 202 Å². The maximum atomic E-state index is 12.8. The van der Waals surface area contributed by atoms with Gasteiger partial charge in [-0.15, -0.1) is 0 Å². The molecular weight excluding hydrogens is 813 g/mol. The number of aromatic nitrogens is 4. The number of rotatable bonds is 8. The molecule has 6 N–H and O–H groups in total. The molecule has 4 heterocycles. The Bertz CT molecular complexity index is 2760. The first-order valence-corrected chi connectivity index (χ1v) is 20.4. The van der Waals surface area contributed by atoms with E-state index in [1.165, 1.54) is 0 Å². The van der Waals surface area contributed by atoms with Gasteiger partial charge >= 0.3 is 12.1 Å². The quantitative estimate of drug-likeness (QED) is 0.0865. The Morgan fingerprint density at radius 1 is 0.469 bits per heavy atom. The van der Waals surface area contributed by atoms with Crippen molar-refractivity contribution in [3.8, 4) is 0 Å². The van der Waals surface area contributed by atoms with Gasteiger partial charge < -0.3 is 39.4 Å². The predicted molar refractivity (Wildman–Crippen MR) is 250 cm³/mol. The highest BCUT2D eigenvalue weighted by molar-refractivity contribution is 6.14. The van der Waals surface area contributed by atoms with E-state index in [4.69, 9.17) is 9.05 Å². The van der Waals surface area contributed by atoms with Gasteiger partial charge in [-0.05, 0) is 60.7 Å². The fourth-order valence-electron chi connectivity index (χ4n) is 6.65. The zero-order valence-corrected chi connectivity index (χ0v) is 36.8. The molecule has 8 rings (SSSR count). The van der Waals surface area contributed by atoms with E-state index in [0.29, 0.717) is 57.0 Å². The molecule has 4 aromatic carbocycles. The lowest BCUT2D eigenvalue weighted by atomic mass is 9.93. The van der Waals surface area contributed by atoms with Crippen molar-refractivity contribution in [1.82, 2.24) is 19.4 Å². The SMILES string of the molecule is Cn1cc(C(=O)Nc2ccc(NC(=O)Nc3cc(C(C)(C)C)on3)cc2)c2ccccc21.Cn1cc(C(=O)Nc2ccc(NC(=O)Nc3cc(C(C)(C)C)on3)cc2)c2ccccc21. The van der Waals surface area contributed by atoms with Crippen molar-refractivity contribution < 1.29 is 28.2 Å². The molecule has 0 atom stereocenters. The molecule has 16 heteroatoms. The van der Waals surface area contributed by atoms with E-state index in [1.807, 2.05) is 126 Å². The number of carbonyl (C=O) groups is 4. The van der Waals surface area contributed by atoms with E-state index in [1.54, 1.807) is 60.7 Å². The van der Waals surface area contributed by atoms with E-state index < -0.39 is 12.1 Å². The third-order valence-corrected chi connectivity index (χ3v) is 10.1. The summed E-state index contributed by atoms with van der Waals surface area (Å²) in [6.45, 7) is 12.0. The molecule has 0 fully saturated rings. The monoisotopic (exact) mass is 862 g/mol. The van der Waals surface area contributed by atoms with Crippen LogP contribution in [0.5, 0.6) is 0 Å². The van der Waals surface area contributed by atoms with Gasteiger partial charge in [0, 0.05) is 94.0 Å². The third kappa shape index (κ3) is 10.5. The van der Waals surface area contributed by atoms with Gasteiger partial charge in [-0.25, -0.2) is 9.59 Å². The van der Waals surface area contributed by atoms with Crippen molar-refractivity contribution in [1.29, 1.82) is 0 Å².